The van der Waals surface area contributed by atoms with Crippen LogP contribution in [0.4, 0.5) is 13.2 Å². The van der Waals surface area contributed by atoms with Crippen LogP contribution in [0.25, 0.3) is 11.3 Å². The number of alkyl halides is 3. The number of nitrogens with two attached hydrogens (primary N) is 1. The molecular formula is C20H22F3N3O5S. The molecule has 3 N–H and O–H groups in total. The maximum absolute atomic E-state index is 13.2. The van der Waals surface area contributed by atoms with Crippen LogP contribution < -0.4 is 5.73 Å². The number of hydrogen-bond donors (Lipinski definition) is 2. The number of rotatable bonds is 7. The number of aromatic nitrogens is 2. The lowest BCUT2D eigenvalue weighted by Gasteiger charge is -2.35. The van der Waals surface area contributed by atoms with E-state index in [1.807, 2.05) is 0 Å². The molecule has 0 spiro atoms. The third-order valence-electron chi connectivity index (χ3n) is 5.34. The number of ether oxygens (including phenoxy) is 1. The lowest BCUT2D eigenvalue weighted by atomic mass is 9.97. The molecule has 32 heavy (non-hydrogen) atoms. The molecule has 1 saturated heterocycles. The van der Waals surface area contributed by atoms with Crippen LogP contribution in [0.15, 0.2) is 41.6 Å². The number of hydrogen-bond acceptors (Lipinski definition) is 7. The Labute approximate surface area is 182 Å². The van der Waals surface area contributed by atoms with Crippen LogP contribution in [0.2, 0.25) is 0 Å². The minimum Gasteiger partial charge on any atom is -0.368 e. The van der Waals surface area contributed by atoms with Gasteiger partial charge in [-0.05, 0) is 31.4 Å². The van der Waals surface area contributed by atoms with Crippen molar-refractivity contribution in [2.45, 2.75) is 54.2 Å². The maximum atomic E-state index is 13.2. The van der Waals surface area contributed by atoms with Gasteiger partial charge in [-0.1, -0.05) is 12.1 Å². The van der Waals surface area contributed by atoms with Gasteiger partial charge >= 0.3 is 6.18 Å². The van der Waals surface area contributed by atoms with Crippen LogP contribution >= 0.6 is 0 Å². The summed E-state index contributed by atoms with van der Waals surface area (Å²) in [6, 6.07) is 5.56. The van der Waals surface area contributed by atoms with Gasteiger partial charge in [0.05, 0.1) is 29.1 Å². The molecule has 1 amide bonds. The third kappa shape index (κ3) is 5.08. The molecule has 0 saturated carbocycles. The average Bonchev–Trinajstić information content (AvgIpc) is 2.73. The van der Waals surface area contributed by atoms with Gasteiger partial charge in [-0.15, -0.1) is 0 Å². The van der Waals surface area contributed by atoms with E-state index >= 15 is 0 Å². The lowest BCUT2D eigenvalue weighted by molar-refractivity contribution is -0.147. The molecule has 0 bridgehead atoms. The molecule has 1 aliphatic heterocycles. The van der Waals surface area contributed by atoms with E-state index in [0.29, 0.717) is 17.0 Å². The van der Waals surface area contributed by atoms with Crippen molar-refractivity contribution in [1.29, 1.82) is 0 Å². The number of halogens is 3. The quantitative estimate of drug-likeness (QED) is 0.630. The molecule has 1 aliphatic rings. The Morgan fingerprint density at radius 3 is 2.44 bits per heavy atom. The molecule has 1 fully saturated rings. The summed E-state index contributed by atoms with van der Waals surface area (Å²) in [6.45, 7) is -0.133. The van der Waals surface area contributed by atoms with Gasteiger partial charge in [0.15, 0.2) is 20.9 Å². The minimum absolute atomic E-state index is 0.0918. The third-order valence-corrected chi connectivity index (χ3v) is 7.84. The van der Waals surface area contributed by atoms with E-state index in [4.69, 9.17) is 10.5 Å². The summed E-state index contributed by atoms with van der Waals surface area (Å²) < 4.78 is 66.1. The summed E-state index contributed by atoms with van der Waals surface area (Å²) in [6.07, 6.45) is -4.37. The van der Waals surface area contributed by atoms with E-state index in [0.717, 1.165) is 0 Å². The maximum Gasteiger partial charge on any atom is 0.389 e. The summed E-state index contributed by atoms with van der Waals surface area (Å²) >= 11 is 0. The fraction of sp³-hybridized carbons (Fsp3) is 0.450. The number of benzene rings is 1. The molecule has 12 heteroatoms. The zero-order valence-corrected chi connectivity index (χ0v) is 17.7. The van der Waals surface area contributed by atoms with Crippen molar-refractivity contribution in [3.05, 3.63) is 42.4 Å². The van der Waals surface area contributed by atoms with Crippen molar-refractivity contribution in [2.75, 3.05) is 6.61 Å². The first-order chi connectivity index (χ1) is 14.9. The van der Waals surface area contributed by atoms with Gasteiger partial charge in [-0.25, -0.2) is 8.42 Å². The van der Waals surface area contributed by atoms with Crippen LogP contribution in [0.3, 0.4) is 0 Å². The first-order valence-electron chi connectivity index (χ1n) is 9.77. The van der Waals surface area contributed by atoms with E-state index in [2.05, 4.69) is 9.97 Å². The van der Waals surface area contributed by atoms with E-state index in [-0.39, 0.29) is 30.8 Å². The van der Waals surface area contributed by atoms with Gasteiger partial charge in [-0.3, -0.25) is 14.8 Å². The number of nitrogens with zero attached hydrogens (tertiary/aromatic N) is 2. The van der Waals surface area contributed by atoms with Crippen LogP contribution in [0.1, 0.15) is 31.4 Å². The van der Waals surface area contributed by atoms with Gasteiger partial charge in [-0.2, -0.15) is 13.2 Å². The second-order valence-electron chi connectivity index (χ2n) is 7.53. The highest BCUT2D eigenvalue weighted by Gasteiger charge is 2.53. The molecule has 8 nitrogen and oxygen atoms in total. The Kier molecular flexibility index (Phi) is 6.86. The molecular weight excluding hydrogens is 451 g/mol. The summed E-state index contributed by atoms with van der Waals surface area (Å²) in [4.78, 5) is 20.2. The number of primary amides is 1. The standard InChI is InChI=1S/C20H22F3N3O5S/c21-20(22,23)7-1-2-14-11-26-16(12-25-14)13-3-5-15(6-4-13)32(29,30)19(18(24)28)8-9-31-17(27)10-19/h3-6,11-12,17,27H,1-2,7-10H2,(H2,24,28). The normalized spacial score (nSPS) is 21.9. The molecule has 2 atom stereocenters. The molecule has 0 aliphatic carbocycles. The fourth-order valence-corrected chi connectivity index (χ4v) is 5.46. The highest BCUT2D eigenvalue weighted by Crippen LogP contribution is 2.37. The molecule has 2 aromatic rings. The largest absolute Gasteiger partial charge is 0.389 e. The first-order valence-corrected chi connectivity index (χ1v) is 11.3. The SMILES string of the molecule is NC(=O)C1(S(=O)(=O)c2ccc(-c3cnc(CCCC(F)(F)F)cn3)cc2)CCOC(O)C1. The smallest absolute Gasteiger partial charge is 0.368 e. The Bertz CT molecular complexity index is 1060. The molecule has 0 radical (unpaired) electrons. The summed E-state index contributed by atoms with van der Waals surface area (Å²) in [5, 5.41) is 9.75. The molecule has 1 aromatic heterocycles. The van der Waals surface area contributed by atoms with Gasteiger partial charge in [0, 0.05) is 24.6 Å². The zero-order valence-electron chi connectivity index (χ0n) is 16.9. The van der Waals surface area contributed by atoms with Crippen LogP contribution in [-0.4, -0.2) is 53.2 Å². The van der Waals surface area contributed by atoms with Crippen LogP contribution in [-0.2, 0) is 25.8 Å². The van der Waals surface area contributed by atoms with E-state index in [9.17, 15) is 31.5 Å². The van der Waals surface area contributed by atoms with Gasteiger partial charge in [0.2, 0.25) is 5.91 Å². The van der Waals surface area contributed by atoms with Gasteiger partial charge in [0.1, 0.15) is 0 Å². The fourth-order valence-electron chi connectivity index (χ4n) is 3.54. The van der Waals surface area contributed by atoms with Crippen LogP contribution in [0.5, 0.6) is 0 Å². The monoisotopic (exact) mass is 473 g/mol. The van der Waals surface area contributed by atoms with E-state index in [1.54, 1.807) is 0 Å². The van der Waals surface area contributed by atoms with Crippen LogP contribution in [0, 0.1) is 0 Å². The highest BCUT2D eigenvalue weighted by molar-refractivity contribution is 7.93. The van der Waals surface area contributed by atoms with Crippen molar-refractivity contribution in [1.82, 2.24) is 9.97 Å². The molecule has 174 valence electrons. The Morgan fingerprint density at radius 1 is 1.22 bits per heavy atom. The Morgan fingerprint density at radius 2 is 1.91 bits per heavy atom. The summed E-state index contributed by atoms with van der Waals surface area (Å²) in [7, 11) is -4.23. The number of sulfone groups is 1. The van der Waals surface area contributed by atoms with Crippen molar-refractivity contribution < 1.29 is 36.2 Å². The Hall–Kier alpha value is -2.57. The highest BCUT2D eigenvalue weighted by atomic mass is 32.2. The van der Waals surface area contributed by atoms with Crippen molar-refractivity contribution in [3.63, 3.8) is 0 Å². The predicted octanol–water partition coefficient (Wildman–Crippen LogP) is 2.16. The van der Waals surface area contributed by atoms with Crippen molar-refractivity contribution in [2.24, 2.45) is 5.73 Å². The Balaban J connectivity index is 1.78. The number of aryl methyl sites for hydroxylation is 1. The molecule has 3 rings (SSSR count). The van der Waals surface area contributed by atoms with Gasteiger partial charge in [0.25, 0.3) is 0 Å². The first kappa shape index (κ1) is 24.1. The van der Waals surface area contributed by atoms with E-state index < -0.39 is 45.8 Å². The summed E-state index contributed by atoms with van der Waals surface area (Å²) in [5.74, 6) is -1.06. The number of aliphatic hydroxyl groups is 1. The molecule has 2 heterocycles. The second-order valence-corrected chi connectivity index (χ2v) is 9.79. The minimum atomic E-state index is -4.23. The number of aliphatic hydroxyl groups excluding tert-OH is 1. The topological polar surface area (TPSA) is 132 Å². The average molecular weight is 473 g/mol. The lowest BCUT2D eigenvalue weighted by Crippen LogP contribution is -2.55. The zero-order chi connectivity index (χ0) is 23.6. The number of amides is 1. The summed E-state index contributed by atoms with van der Waals surface area (Å²) in [5.41, 5.74) is 6.76. The molecule has 1 aromatic carbocycles. The van der Waals surface area contributed by atoms with Crippen molar-refractivity contribution in [3.8, 4) is 11.3 Å². The molecule has 2 unspecified atom stereocenters. The second kappa shape index (κ2) is 9.12. The van der Waals surface area contributed by atoms with Crippen molar-refractivity contribution >= 4 is 15.7 Å². The number of carbonyl (C=O) groups excluding carboxylic acids is 1. The number of carbonyl (C=O) groups is 1. The van der Waals surface area contributed by atoms with Gasteiger partial charge < -0.3 is 15.6 Å². The van der Waals surface area contributed by atoms with E-state index in [1.165, 1.54) is 36.7 Å². The predicted molar refractivity (Wildman–Crippen MR) is 107 cm³/mol.